The van der Waals surface area contributed by atoms with Crippen molar-refractivity contribution in [3.63, 3.8) is 0 Å². The van der Waals surface area contributed by atoms with Crippen molar-refractivity contribution in [3.05, 3.63) is 53.6 Å². The molecule has 1 aromatic heterocycles. The second kappa shape index (κ2) is 7.17. The highest BCUT2D eigenvalue weighted by Crippen LogP contribution is 2.13. The summed E-state index contributed by atoms with van der Waals surface area (Å²) in [6, 6.07) is 5.96. The van der Waals surface area contributed by atoms with E-state index in [0.717, 1.165) is 5.56 Å². The van der Waals surface area contributed by atoms with E-state index in [9.17, 15) is 9.18 Å². The zero-order valence-corrected chi connectivity index (χ0v) is 13.0. The fourth-order valence-electron chi connectivity index (χ4n) is 2.41. The number of aryl methyl sites for hydroxylation is 1. The van der Waals surface area contributed by atoms with Gasteiger partial charge in [0, 0.05) is 24.8 Å². The predicted molar refractivity (Wildman–Crippen MR) is 82.7 cm³/mol. The third kappa shape index (κ3) is 3.92. The molecule has 0 aliphatic rings. The molecule has 2 atom stereocenters. The van der Waals surface area contributed by atoms with E-state index < -0.39 is 6.04 Å². The Morgan fingerprint density at radius 1 is 1.41 bits per heavy atom. The van der Waals surface area contributed by atoms with Crippen LogP contribution >= 0.6 is 0 Å². The number of carbonyl (C=O) groups excluding carboxylic acids is 1. The summed E-state index contributed by atoms with van der Waals surface area (Å²) < 4.78 is 15.3. The van der Waals surface area contributed by atoms with E-state index in [0.29, 0.717) is 12.0 Å². The molecule has 5 nitrogen and oxygen atoms in total. The Balaban J connectivity index is 1.99. The van der Waals surface area contributed by atoms with E-state index in [1.165, 1.54) is 6.07 Å². The summed E-state index contributed by atoms with van der Waals surface area (Å²) in [6.07, 6.45) is 3.90. The SMILES string of the molecule is CNC(C(=O)NC(C)Cc1ccccc1F)c1cnn(C)c1. The summed E-state index contributed by atoms with van der Waals surface area (Å²) in [5.74, 6) is -0.402. The van der Waals surface area contributed by atoms with Crippen molar-refractivity contribution in [2.75, 3.05) is 7.05 Å². The van der Waals surface area contributed by atoms with Crippen molar-refractivity contribution in [1.29, 1.82) is 0 Å². The van der Waals surface area contributed by atoms with Crippen LogP contribution in [0.1, 0.15) is 24.1 Å². The van der Waals surface area contributed by atoms with E-state index in [2.05, 4.69) is 15.7 Å². The Morgan fingerprint density at radius 2 is 2.14 bits per heavy atom. The van der Waals surface area contributed by atoms with Gasteiger partial charge in [0.2, 0.25) is 5.91 Å². The van der Waals surface area contributed by atoms with Crippen LogP contribution in [0.15, 0.2) is 36.7 Å². The van der Waals surface area contributed by atoms with Gasteiger partial charge in [0.05, 0.1) is 6.20 Å². The molecule has 0 saturated carbocycles. The second-order valence-corrected chi connectivity index (χ2v) is 5.37. The molecule has 1 aromatic carbocycles. The van der Waals surface area contributed by atoms with Crippen LogP contribution in [-0.2, 0) is 18.3 Å². The topological polar surface area (TPSA) is 59.0 Å². The minimum atomic E-state index is -0.475. The summed E-state index contributed by atoms with van der Waals surface area (Å²) in [4.78, 5) is 12.4. The molecule has 2 rings (SSSR count). The molecule has 22 heavy (non-hydrogen) atoms. The van der Waals surface area contributed by atoms with Gasteiger partial charge in [-0.3, -0.25) is 9.48 Å². The summed E-state index contributed by atoms with van der Waals surface area (Å²) in [7, 11) is 3.52. The molecule has 0 aliphatic carbocycles. The number of likely N-dealkylation sites (N-methyl/N-ethyl adjacent to an activating group) is 1. The first-order valence-corrected chi connectivity index (χ1v) is 7.21. The molecule has 2 N–H and O–H groups in total. The molecule has 118 valence electrons. The molecule has 0 radical (unpaired) electrons. The van der Waals surface area contributed by atoms with E-state index in [4.69, 9.17) is 0 Å². The molecule has 6 heteroatoms. The van der Waals surface area contributed by atoms with Crippen molar-refractivity contribution in [2.24, 2.45) is 7.05 Å². The number of nitrogens with zero attached hydrogens (tertiary/aromatic N) is 2. The molecule has 0 bridgehead atoms. The first-order valence-electron chi connectivity index (χ1n) is 7.21. The maximum atomic E-state index is 13.6. The first-order chi connectivity index (χ1) is 10.5. The van der Waals surface area contributed by atoms with Gasteiger partial charge >= 0.3 is 0 Å². The van der Waals surface area contributed by atoms with Gasteiger partial charge in [0.1, 0.15) is 11.9 Å². The molecular formula is C16H21FN4O. The van der Waals surface area contributed by atoms with Gasteiger partial charge in [-0.15, -0.1) is 0 Å². The summed E-state index contributed by atoms with van der Waals surface area (Å²) in [5.41, 5.74) is 1.39. The average Bonchev–Trinajstić information content (AvgIpc) is 2.88. The molecule has 2 aromatic rings. The number of halogens is 1. The Hall–Kier alpha value is -2.21. The first kappa shape index (κ1) is 16.2. The predicted octanol–water partition coefficient (Wildman–Crippen LogP) is 1.57. The average molecular weight is 304 g/mol. The highest BCUT2D eigenvalue weighted by molar-refractivity contribution is 5.83. The smallest absolute Gasteiger partial charge is 0.242 e. The summed E-state index contributed by atoms with van der Waals surface area (Å²) in [5, 5.41) is 9.96. The van der Waals surface area contributed by atoms with Crippen molar-refractivity contribution >= 4 is 5.91 Å². The normalized spacial score (nSPS) is 13.6. The molecule has 0 saturated heterocycles. The van der Waals surface area contributed by atoms with Gasteiger partial charge in [0.15, 0.2) is 0 Å². The molecule has 0 spiro atoms. The van der Waals surface area contributed by atoms with E-state index >= 15 is 0 Å². The van der Waals surface area contributed by atoms with Crippen LogP contribution in [0.3, 0.4) is 0 Å². The van der Waals surface area contributed by atoms with Gasteiger partial charge in [-0.2, -0.15) is 5.10 Å². The van der Waals surface area contributed by atoms with Crippen molar-refractivity contribution < 1.29 is 9.18 Å². The molecule has 0 fully saturated rings. The lowest BCUT2D eigenvalue weighted by Gasteiger charge is -2.19. The maximum absolute atomic E-state index is 13.6. The number of aromatic nitrogens is 2. The second-order valence-electron chi connectivity index (χ2n) is 5.37. The third-order valence-corrected chi connectivity index (χ3v) is 3.48. The van der Waals surface area contributed by atoms with Crippen LogP contribution in [0.2, 0.25) is 0 Å². The monoisotopic (exact) mass is 304 g/mol. The van der Waals surface area contributed by atoms with Crippen LogP contribution in [-0.4, -0.2) is 28.8 Å². The van der Waals surface area contributed by atoms with Gasteiger partial charge < -0.3 is 10.6 Å². The minimum Gasteiger partial charge on any atom is -0.352 e. The fourth-order valence-corrected chi connectivity index (χ4v) is 2.41. The number of amides is 1. The highest BCUT2D eigenvalue weighted by atomic mass is 19.1. The zero-order chi connectivity index (χ0) is 16.1. The van der Waals surface area contributed by atoms with Crippen LogP contribution in [0.5, 0.6) is 0 Å². The van der Waals surface area contributed by atoms with E-state index in [-0.39, 0.29) is 17.8 Å². The molecular weight excluding hydrogens is 283 g/mol. The summed E-state index contributed by atoms with van der Waals surface area (Å²) >= 11 is 0. The van der Waals surface area contributed by atoms with Crippen molar-refractivity contribution in [1.82, 2.24) is 20.4 Å². The quantitative estimate of drug-likeness (QED) is 0.851. The number of rotatable bonds is 6. The summed E-state index contributed by atoms with van der Waals surface area (Å²) in [6.45, 7) is 1.86. The van der Waals surface area contributed by atoms with Crippen LogP contribution in [0.25, 0.3) is 0 Å². The molecule has 1 amide bonds. The lowest BCUT2D eigenvalue weighted by Crippen LogP contribution is -2.41. The van der Waals surface area contributed by atoms with Gasteiger partial charge in [0.25, 0.3) is 0 Å². The highest BCUT2D eigenvalue weighted by Gasteiger charge is 2.21. The fraction of sp³-hybridized carbons (Fsp3) is 0.375. The van der Waals surface area contributed by atoms with Crippen molar-refractivity contribution in [2.45, 2.75) is 25.4 Å². The Labute approximate surface area is 129 Å². The van der Waals surface area contributed by atoms with Crippen LogP contribution in [0, 0.1) is 5.82 Å². The number of nitrogens with one attached hydrogen (secondary N) is 2. The number of carbonyl (C=O) groups is 1. The van der Waals surface area contributed by atoms with E-state index in [1.54, 1.807) is 49.4 Å². The van der Waals surface area contributed by atoms with Crippen molar-refractivity contribution in [3.8, 4) is 0 Å². The maximum Gasteiger partial charge on any atom is 0.242 e. The Morgan fingerprint density at radius 3 is 2.73 bits per heavy atom. The number of hydrogen-bond donors (Lipinski definition) is 2. The van der Waals surface area contributed by atoms with Gasteiger partial charge in [-0.1, -0.05) is 18.2 Å². The Bertz CT molecular complexity index is 641. The lowest BCUT2D eigenvalue weighted by atomic mass is 10.1. The molecule has 1 heterocycles. The largest absolute Gasteiger partial charge is 0.352 e. The standard InChI is InChI=1S/C16H21FN4O/c1-11(8-12-6-4-5-7-14(12)17)20-16(22)15(18-2)13-9-19-21(3)10-13/h4-7,9-11,15,18H,8H2,1-3H3,(H,20,22). The number of hydrogen-bond acceptors (Lipinski definition) is 3. The van der Waals surface area contributed by atoms with Gasteiger partial charge in [-0.25, -0.2) is 4.39 Å². The lowest BCUT2D eigenvalue weighted by molar-refractivity contribution is -0.123. The van der Waals surface area contributed by atoms with Crippen LogP contribution < -0.4 is 10.6 Å². The van der Waals surface area contributed by atoms with E-state index in [1.807, 2.05) is 6.92 Å². The minimum absolute atomic E-state index is 0.153. The zero-order valence-electron chi connectivity index (χ0n) is 13.0. The van der Waals surface area contributed by atoms with Crippen LogP contribution in [0.4, 0.5) is 4.39 Å². The molecule has 2 unspecified atom stereocenters. The molecule has 0 aliphatic heterocycles. The number of benzene rings is 1. The third-order valence-electron chi connectivity index (χ3n) is 3.48. The van der Waals surface area contributed by atoms with Gasteiger partial charge in [-0.05, 0) is 32.0 Å². The Kier molecular flexibility index (Phi) is 5.27.